The third-order valence-electron chi connectivity index (χ3n) is 2.83. The number of rotatable bonds is 5. The van der Waals surface area contributed by atoms with Crippen molar-refractivity contribution in [2.75, 3.05) is 6.54 Å². The summed E-state index contributed by atoms with van der Waals surface area (Å²) < 4.78 is 0.512. The van der Waals surface area contributed by atoms with Gasteiger partial charge in [0.05, 0.1) is 9.40 Å². The molecule has 1 aromatic carbocycles. The van der Waals surface area contributed by atoms with Gasteiger partial charge in [-0.3, -0.25) is 10.1 Å². The van der Waals surface area contributed by atoms with E-state index < -0.39 is 0 Å². The second-order valence-electron chi connectivity index (χ2n) is 4.61. The van der Waals surface area contributed by atoms with Crippen LogP contribution in [0, 0.1) is 10.1 Å². The van der Waals surface area contributed by atoms with Gasteiger partial charge >= 0.3 is 0 Å². The number of hydrogen-bond acceptors (Lipinski definition) is 3. The SMILES string of the molecule is CC(=Cc1ccc(Br)c([N+](=O)[O-])c1)CNC1CC1. The molecule has 0 atom stereocenters. The average molecular weight is 311 g/mol. The number of hydrogen-bond donors (Lipinski definition) is 1. The van der Waals surface area contributed by atoms with Crippen LogP contribution in [0.2, 0.25) is 0 Å². The van der Waals surface area contributed by atoms with Gasteiger partial charge in [-0.2, -0.15) is 0 Å². The Morgan fingerprint density at radius 1 is 1.61 bits per heavy atom. The number of nitro benzene ring substituents is 1. The van der Waals surface area contributed by atoms with E-state index in [9.17, 15) is 10.1 Å². The van der Waals surface area contributed by atoms with Gasteiger partial charge in [-0.05, 0) is 47.3 Å². The van der Waals surface area contributed by atoms with Crippen LogP contribution in [0.15, 0.2) is 28.2 Å². The van der Waals surface area contributed by atoms with Crippen molar-refractivity contribution in [3.8, 4) is 0 Å². The van der Waals surface area contributed by atoms with Crippen LogP contribution in [0.3, 0.4) is 0 Å². The number of benzene rings is 1. The van der Waals surface area contributed by atoms with Gasteiger partial charge in [0, 0.05) is 18.7 Å². The molecule has 1 N–H and O–H groups in total. The lowest BCUT2D eigenvalue weighted by atomic mass is 10.1. The maximum atomic E-state index is 10.8. The van der Waals surface area contributed by atoms with Gasteiger partial charge < -0.3 is 5.32 Å². The molecule has 18 heavy (non-hydrogen) atoms. The fraction of sp³-hybridized carbons (Fsp3) is 0.385. The van der Waals surface area contributed by atoms with E-state index in [1.807, 2.05) is 19.1 Å². The van der Waals surface area contributed by atoms with E-state index in [2.05, 4.69) is 21.2 Å². The summed E-state index contributed by atoms with van der Waals surface area (Å²) >= 11 is 3.18. The molecule has 4 nitrogen and oxygen atoms in total. The van der Waals surface area contributed by atoms with Crippen LogP contribution in [0.1, 0.15) is 25.3 Å². The van der Waals surface area contributed by atoms with E-state index in [4.69, 9.17) is 0 Å². The minimum atomic E-state index is -0.376. The van der Waals surface area contributed by atoms with Crippen molar-refractivity contribution in [1.29, 1.82) is 0 Å². The molecule has 0 aromatic heterocycles. The van der Waals surface area contributed by atoms with Crippen molar-refractivity contribution in [2.24, 2.45) is 0 Å². The summed E-state index contributed by atoms with van der Waals surface area (Å²) in [7, 11) is 0. The van der Waals surface area contributed by atoms with Gasteiger partial charge in [-0.15, -0.1) is 0 Å². The van der Waals surface area contributed by atoms with Gasteiger partial charge in [0.1, 0.15) is 0 Å². The largest absolute Gasteiger partial charge is 0.310 e. The highest BCUT2D eigenvalue weighted by Gasteiger charge is 2.19. The van der Waals surface area contributed by atoms with Gasteiger partial charge in [0.2, 0.25) is 0 Å². The van der Waals surface area contributed by atoms with E-state index in [1.165, 1.54) is 18.4 Å². The Balaban J connectivity index is 2.09. The van der Waals surface area contributed by atoms with Gasteiger partial charge in [-0.1, -0.05) is 17.7 Å². The van der Waals surface area contributed by atoms with Crippen molar-refractivity contribution in [3.05, 3.63) is 43.9 Å². The van der Waals surface area contributed by atoms with Crippen LogP contribution in [-0.4, -0.2) is 17.5 Å². The first-order valence-corrected chi connectivity index (χ1v) is 6.70. The standard InChI is InChI=1S/C13H15BrN2O2/c1-9(8-15-11-3-4-11)6-10-2-5-12(14)13(7-10)16(17)18/h2,5-7,11,15H,3-4,8H2,1H3. The molecule has 1 fully saturated rings. The lowest BCUT2D eigenvalue weighted by Crippen LogP contribution is -2.18. The van der Waals surface area contributed by atoms with Crippen molar-refractivity contribution < 1.29 is 4.92 Å². The number of nitro groups is 1. The van der Waals surface area contributed by atoms with Crippen molar-refractivity contribution >= 4 is 27.7 Å². The topological polar surface area (TPSA) is 55.2 Å². The van der Waals surface area contributed by atoms with E-state index in [1.54, 1.807) is 12.1 Å². The number of halogens is 1. The van der Waals surface area contributed by atoms with E-state index >= 15 is 0 Å². The predicted molar refractivity (Wildman–Crippen MR) is 75.5 cm³/mol. The summed E-state index contributed by atoms with van der Waals surface area (Å²) in [5.74, 6) is 0. The Morgan fingerprint density at radius 3 is 2.94 bits per heavy atom. The summed E-state index contributed by atoms with van der Waals surface area (Å²) in [6, 6.07) is 5.85. The van der Waals surface area contributed by atoms with E-state index in [0.717, 1.165) is 12.1 Å². The van der Waals surface area contributed by atoms with Crippen LogP contribution in [0.5, 0.6) is 0 Å². The molecule has 0 radical (unpaired) electrons. The van der Waals surface area contributed by atoms with Crippen LogP contribution in [-0.2, 0) is 0 Å². The summed E-state index contributed by atoms with van der Waals surface area (Å²) in [6.07, 6.45) is 4.50. The Kier molecular flexibility index (Phi) is 4.14. The zero-order valence-corrected chi connectivity index (χ0v) is 11.7. The Hall–Kier alpha value is -1.20. The van der Waals surface area contributed by atoms with Gasteiger partial charge in [0.15, 0.2) is 0 Å². The third kappa shape index (κ3) is 3.65. The van der Waals surface area contributed by atoms with Gasteiger partial charge in [0.25, 0.3) is 5.69 Å². The molecule has 96 valence electrons. The smallest absolute Gasteiger partial charge is 0.284 e. The van der Waals surface area contributed by atoms with Crippen molar-refractivity contribution in [1.82, 2.24) is 5.32 Å². The first-order valence-electron chi connectivity index (χ1n) is 5.91. The quantitative estimate of drug-likeness (QED) is 0.669. The van der Waals surface area contributed by atoms with Crippen LogP contribution in [0.25, 0.3) is 6.08 Å². The molecule has 5 heteroatoms. The molecule has 0 heterocycles. The Bertz CT molecular complexity index is 496. The minimum absolute atomic E-state index is 0.103. The molecule has 0 bridgehead atoms. The zero-order valence-electron chi connectivity index (χ0n) is 10.1. The summed E-state index contributed by atoms with van der Waals surface area (Å²) in [6.45, 7) is 2.87. The lowest BCUT2D eigenvalue weighted by molar-refractivity contribution is -0.385. The average Bonchev–Trinajstić information content (AvgIpc) is 3.12. The maximum absolute atomic E-state index is 10.8. The van der Waals surface area contributed by atoms with Crippen LogP contribution < -0.4 is 5.32 Å². The highest BCUT2D eigenvalue weighted by Crippen LogP contribution is 2.26. The molecule has 1 aliphatic rings. The zero-order chi connectivity index (χ0) is 13.1. The summed E-state index contributed by atoms with van der Waals surface area (Å²) in [5.41, 5.74) is 2.14. The molecule has 1 aliphatic carbocycles. The molecule has 0 aliphatic heterocycles. The lowest BCUT2D eigenvalue weighted by Gasteiger charge is -2.03. The molecule has 2 rings (SSSR count). The first-order chi connectivity index (χ1) is 8.56. The molecule has 0 saturated heterocycles. The Morgan fingerprint density at radius 2 is 2.33 bits per heavy atom. The van der Waals surface area contributed by atoms with E-state index in [-0.39, 0.29) is 10.6 Å². The fourth-order valence-corrected chi connectivity index (χ4v) is 2.08. The minimum Gasteiger partial charge on any atom is -0.310 e. The highest BCUT2D eigenvalue weighted by molar-refractivity contribution is 9.10. The van der Waals surface area contributed by atoms with Crippen molar-refractivity contribution in [3.63, 3.8) is 0 Å². The number of nitrogens with one attached hydrogen (secondary N) is 1. The predicted octanol–water partition coefficient (Wildman–Crippen LogP) is 3.51. The van der Waals surface area contributed by atoms with Crippen molar-refractivity contribution in [2.45, 2.75) is 25.8 Å². The maximum Gasteiger partial charge on any atom is 0.284 e. The molecular weight excluding hydrogens is 296 g/mol. The van der Waals surface area contributed by atoms with Crippen LogP contribution >= 0.6 is 15.9 Å². The Labute approximate surface area is 114 Å². The normalized spacial score (nSPS) is 15.8. The number of nitrogens with zero attached hydrogens (tertiary/aromatic N) is 1. The summed E-state index contributed by atoms with van der Waals surface area (Å²) in [5, 5.41) is 14.2. The molecule has 1 saturated carbocycles. The highest BCUT2D eigenvalue weighted by atomic mass is 79.9. The van der Waals surface area contributed by atoms with Crippen LogP contribution in [0.4, 0.5) is 5.69 Å². The second-order valence-corrected chi connectivity index (χ2v) is 5.47. The molecule has 0 amide bonds. The van der Waals surface area contributed by atoms with Gasteiger partial charge in [-0.25, -0.2) is 0 Å². The summed E-state index contributed by atoms with van der Waals surface area (Å²) in [4.78, 5) is 10.4. The molecular formula is C13H15BrN2O2. The molecule has 0 unspecified atom stereocenters. The molecule has 0 spiro atoms. The first kappa shape index (κ1) is 13.2. The fourth-order valence-electron chi connectivity index (χ4n) is 1.69. The molecule has 1 aromatic rings. The second kappa shape index (κ2) is 5.63. The monoisotopic (exact) mass is 310 g/mol. The third-order valence-corrected chi connectivity index (χ3v) is 3.50. The van der Waals surface area contributed by atoms with E-state index in [0.29, 0.717) is 10.5 Å².